The lowest BCUT2D eigenvalue weighted by atomic mass is 10.3. The van der Waals surface area contributed by atoms with Gasteiger partial charge in [-0.2, -0.15) is 5.10 Å². The van der Waals surface area contributed by atoms with Crippen LogP contribution in [0.4, 0.5) is 5.82 Å². The fourth-order valence-electron chi connectivity index (χ4n) is 1.46. The summed E-state index contributed by atoms with van der Waals surface area (Å²) in [4.78, 5) is 2.29. The Kier molecular flexibility index (Phi) is 3.95. The molecule has 1 rings (SSSR count). The predicted molar refractivity (Wildman–Crippen MR) is 58.9 cm³/mol. The van der Waals surface area contributed by atoms with Gasteiger partial charge >= 0.3 is 0 Å². The molecule has 0 spiro atoms. The molecule has 0 saturated heterocycles. The fourth-order valence-corrected chi connectivity index (χ4v) is 1.46. The summed E-state index contributed by atoms with van der Waals surface area (Å²) in [6.45, 7) is 4.25. The average Bonchev–Trinajstić information content (AvgIpc) is 2.42. The summed E-state index contributed by atoms with van der Waals surface area (Å²) in [5.41, 5.74) is 6.77. The Morgan fingerprint density at radius 2 is 2.29 bits per heavy atom. The number of rotatable bonds is 5. The summed E-state index contributed by atoms with van der Waals surface area (Å²) in [7, 11) is 4.05. The molecule has 0 aliphatic heterocycles. The number of aryl methyl sites for hydroxylation is 1. The van der Waals surface area contributed by atoms with Crippen molar-refractivity contribution in [2.24, 2.45) is 7.05 Å². The standard InChI is InChI=1S/C10H20N4/c1-4-5-6-13(2)8-9-7-10(11)12-14(9)3/h7H,4-6,8H2,1-3H3,(H2,11,12). The Morgan fingerprint density at radius 3 is 2.79 bits per heavy atom. The van der Waals surface area contributed by atoms with Crippen LogP contribution in [0.15, 0.2) is 6.07 Å². The van der Waals surface area contributed by atoms with Crippen molar-refractivity contribution < 1.29 is 0 Å². The van der Waals surface area contributed by atoms with Crippen molar-refractivity contribution in [3.8, 4) is 0 Å². The van der Waals surface area contributed by atoms with E-state index in [0.29, 0.717) is 5.82 Å². The van der Waals surface area contributed by atoms with Crippen LogP contribution in [0.2, 0.25) is 0 Å². The third kappa shape index (κ3) is 3.03. The second-order valence-corrected chi connectivity index (χ2v) is 3.78. The van der Waals surface area contributed by atoms with Crippen molar-refractivity contribution in [1.82, 2.24) is 14.7 Å². The smallest absolute Gasteiger partial charge is 0.145 e. The molecule has 4 nitrogen and oxygen atoms in total. The van der Waals surface area contributed by atoms with Crippen LogP contribution >= 0.6 is 0 Å². The van der Waals surface area contributed by atoms with Crippen LogP contribution in [0.1, 0.15) is 25.5 Å². The van der Waals surface area contributed by atoms with Crippen molar-refractivity contribution in [3.05, 3.63) is 11.8 Å². The first-order valence-corrected chi connectivity index (χ1v) is 5.10. The second kappa shape index (κ2) is 5.00. The van der Waals surface area contributed by atoms with Gasteiger partial charge < -0.3 is 10.6 Å². The Bertz CT molecular complexity index is 280. The zero-order valence-corrected chi connectivity index (χ0v) is 9.32. The first kappa shape index (κ1) is 11.0. The van der Waals surface area contributed by atoms with E-state index in [0.717, 1.165) is 13.1 Å². The van der Waals surface area contributed by atoms with Crippen LogP contribution in [0, 0.1) is 0 Å². The normalized spacial score (nSPS) is 11.1. The van der Waals surface area contributed by atoms with E-state index in [9.17, 15) is 0 Å². The topological polar surface area (TPSA) is 47.1 Å². The average molecular weight is 196 g/mol. The van der Waals surface area contributed by atoms with E-state index >= 15 is 0 Å². The van der Waals surface area contributed by atoms with Gasteiger partial charge in [0, 0.05) is 19.7 Å². The Labute approximate surface area is 85.7 Å². The summed E-state index contributed by atoms with van der Waals surface area (Å²) in [5, 5.41) is 4.11. The summed E-state index contributed by atoms with van der Waals surface area (Å²) in [6.07, 6.45) is 2.47. The Balaban J connectivity index is 2.47. The molecule has 0 aliphatic carbocycles. The molecule has 14 heavy (non-hydrogen) atoms. The first-order chi connectivity index (χ1) is 6.63. The van der Waals surface area contributed by atoms with Crippen molar-refractivity contribution in [2.75, 3.05) is 19.3 Å². The first-order valence-electron chi connectivity index (χ1n) is 5.10. The van der Waals surface area contributed by atoms with E-state index in [1.807, 2.05) is 17.8 Å². The lowest BCUT2D eigenvalue weighted by Crippen LogP contribution is -2.20. The molecule has 0 aromatic carbocycles. The molecule has 0 radical (unpaired) electrons. The van der Waals surface area contributed by atoms with Crippen LogP contribution in [-0.4, -0.2) is 28.3 Å². The van der Waals surface area contributed by atoms with Crippen molar-refractivity contribution >= 4 is 5.82 Å². The minimum atomic E-state index is 0.603. The van der Waals surface area contributed by atoms with Gasteiger partial charge in [-0.3, -0.25) is 4.68 Å². The van der Waals surface area contributed by atoms with Crippen LogP contribution < -0.4 is 5.73 Å². The van der Waals surface area contributed by atoms with Crippen LogP contribution in [0.3, 0.4) is 0 Å². The Morgan fingerprint density at radius 1 is 1.57 bits per heavy atom. The van der Waals surface area contributed by atoms with Crippen LogP contribution in [0.5, 0.6) is 0 Å². The molecule has 0 atom stereocenters. The largest absolute Gasteiger partial charge is 0.382 e. The highest BCUT2D eigenvalue weighted by Crippen LogP contribution is 2.07. The molecule has 0 saturated carbocycles. The van der Waals surface area contributed by atoms with Gasteiger partial charge in [-0.1, -0.05) is 13.3 Å². The van der Waals surface area contributed by atoms with Gasteiger partial charge in [0.15, 0.2) is 0 Å². The highest BCUT2D eigenvalue weighted by atomic mass is 15.3. The molecule has 1 aromatic heterocycles. The van der Waals surface area contributed by atoms with E-state index in [1.165, 1.54) is 18.5 Å². The third-order valence-corrected chi connectivity index (χ3v) is 2.32. The molecule has 2 N–H and O–H groups in total. The van der Waals surface area contributed by atoms with E-state index in [4.69, 9.17) is 5.73 Å². The maximum atomic E-state index is 5.60. The molecular weight excluding hydrogens is 176 g/mol. The third-order valence-electron chi connectivity index (χ3n) is 2.32. The van der Waals surface area contributed by atoms with Gasteiger partial charge in [0.25, 0.3) is 0 Å². The predicted octanol–water partition coefficient (Wildman–Crippen LogP) is 1.23. The number of nitrogens with zero attached hydrogens (tertiary/aromatic N) is 3. The number of unbranched alkanes of at least 4 members (excludes halogenated alkanes) is 1. The van der Waals surface area contributed by atoms with Gasteiger partial charge in [0.2, 0.25) is 0 Å². The van der Waals surface area contributed by atoms with Crippen LogP contribution in [0.25, 0.3) is 0 Å². The fraction of sp³-hybridized carbons (Fsp3) is 0.700. The molecule has 0 fully saturated rings. The lowest BCUT2D eigenvalue weighted by molar-refractivity contribution is 0.312. The monoisotopic (exact) mass is 196 g/mol. The summed E-state index contributed by atoms with van der Waals surface area (Å²) < 4.78 is 1.85. The van der Waals surface area contributed by atoms with E-state index in [-0.39, 0.29) is 0 Å². The molecule has 4 heteroatoms. The molecule has 80 valence electrons. The quantitative estimate of drug-likeness (QED) is 0.770. The lowest BCUT2D eigenvalue weighted by Gasteiger charge is -2.15. The number of nitrogens with two attached hydrogens (primary N) is 1. The number of hydrogen-bond acceptors (Lipinski definition) is 3. The molecular formula is C10H20N4. The number of anilines is 1. The van der Waals surface area contributed by atoms with E-state index < -0.39 is 0 Å². The molecule has 0 aliphatic rings. The maximum absolute atomic E-state index is 5.60. The molecule has 1 aromatic rings. The van der Waals surface area contributed by atoms with Crippen molar-refractivity contribution in [2.45, 2.75) is 26.3 Å². The van der Waals surface area contributed by atoms with Gasteiger partial charge in [-0.15, -0.1) is 0 Å². The molecule has 0 amide bonds. The van der Waals surface area contributed by atoms with Crippen LogP contribution in [-0.2, 0) is 13.6 Å². The summed E-state index contributed by atoms with van der Waals surface area (Å²) >= 11 is 0. The number of nitrogen functional groups attached to an aromatic ring is 1. The van der Waals surface area contributed by atoms with Gasteiger partial charge in [0.1, 0.15) is 5.82 Å². The van der Waals surface area contributed by atoms with Gasteiger partial charge in [0.05, 0.1) is 5.69 Å². The number of aromatic nitrogens is 2. The zero-order chi connectivity index (χ0) is 10.6. The minimum absolute atomic E-state index is 0.603. The minimum Gasteiger partial charge on any atom is -0.382 e. The van der Waals surface area contributed by atoms with Crippen molar-refractivity contribution in [1.29, 1.82) is 0 Å². The SMILES string of the molecule is CCCCN(C)Cc1cc(N)nn1C. The van der Waals surface area contributed by atoms with Crippen molar-refractivity contribution in [3.63, 3.8) is 0 Å². The molecule has 0 bridgehead atoms. The molecule has 0 unspecified atom stereocenters. The van der Waals surface area contributed by atoms with Gasteiger partial charge in [-0.05, 0) is 20.0 Å². The maximum Gasteiger partial charge on any atom is 0.145 e. The highest BCUT2D eigenvalue weighted by Gasteiger charge is 2.05. The zero-order valence-electron chi connectivity index (χ0n) is 9.32. The summed E-state index contributed by atoms with van der Waals surface area (Å²) in [5.74, 6) is 0.603. The van der Waals surface area contributed by atoms with E-state index in [2.05, 4.69) is 24.0 Å². The Hall–Kier alpha value is -1.03. The second-order valence-electron chi connectivity index (χ2n) is 3.78. The highest BCUT2D eigenvalue weighted by molar-refractivity contribution is 5.29. The van der Waals surface area contributed by atoms with E-state index in [1.54, 1.807) is 0 Å². The number of hydrogen-bond donors (Lipinski definition) is 1. The molecule has 1 heterocycles. The van der Waals surface area contributed by atoms with Gasteiger partial charge in [-0.25, -0.2) is 0 Å². The summed E-state index contributed by atoms with van der Waals surface area (Å²) in [6, 6.07) is 1.93.